The summed E-state index contributed by atoms with van der Waals surface area (Å²) in [5, 5.41) is 9.80. The highest BCUT2D eigenvalue weighted by Gasteiger charge is 2.33. The Morgan fingerprint density at radius 2 is 1.88 bits per heavy atom. The molecule has 3 heterocycles. The lowest BCUT2D eigenvalue weighted by atomic mass is 9.83. The molecule has 138 valence electrons. The van der Waals surface area contributed by atoms with E-state index in [0.717, 1.165) is 12.1 Å². The molecule has 0 bridgehead atoms. The van der Waals surface area contributed by atoms with Crippen molar-refractivity contribution in [3.05, 3.63) is 11.4 Å². The van der Waals surface area contributed by atoms with Crippen molar-refractivity contribution in [2.24, 2.45) is 13.0 Å². The SMILES string of the molecule is Cc1nn(C)c(C)c1NC(=O)C(=O)NCC1CCCN2CCCCC12. The second kappa shape index (κ2) is 7.56. The average molecular weight is 347 g/mol. The molecule has 2 N–H and O–H groups in total. The first-order valence-electron chi connectivity index (χ1n) is 9.30. The summed E-state index contributed by atoms with van der Waals surface area (Å²) >= 11 is 0. The summed E-state index contributed by atoms with van der Waals surface area (Å²) in [5.41, 5.74) is 2.17. The number of rotatable bonds is 3. The summed E-state index contributed by atoms with van der Waals surface area (Å²) in [5.74, 6) is -0.723. The molecule has 3 rings (SSSR count). The molecule has 0 aromatic carbocycles. The topological polar surface area (TPSA) is 79.3 Å². The van der Waals surface area contributed by atoms with E-state index in [2.05, 4.69) is 20.6 Å². The Morgan fingerprint density at radius 3 is 2.60 bits per heavy atom. The number of piperidine rings is 2. The van der Waals surface area contributed by atoms with Crippen LogP contribution in [0.5, 0.6) is 0 Å². The van der Waals surface area contributed by atoms with E-state index in [4.69, 9.17) is 0 Å². The van der Waals surface area contributed by atoms with Gasteiger partial charge in [-0.1, -0.05) is 6.42 Å². The maximum atomic E-state index is 12.2. The molecule has 2 aliphatic heterocycles. The van der Waals surface area contributed by atoms with Crippen LogP contribution in [0.2, 0.25) is 0 Å². The van der Waals surface area contributed by atoms with Gasteiger partial charge in [0, 0.05) is 19.6 Å². The number of carbonyl (C=O) groups excluding carboxylic acids is 2. The highest BCUT2D eigenvalue weighted by molar-refractivity contribution is 6.39. The van der Waals surface area contributed by atoms with E-state index in [1.54, 1.807) is 4.68 Å². The molecule has 2 fully saturated rings. The van der Waals surface area contributed by atoms with Crippen LogP contribution in [0.4, 0.5) is 5.69 Å². The zero-order valence-electron chi connectivity index (χ0n) is 15.5. The second-order valence-electron chi connectivity index (χ2n) is 7.33. The third-order valence-corrected chi connectivity index (χ3v) is 5.71. The monoisotopic (exact) mass is 347 g/mol. The van der Waals surface area contributed by atoms with Crippen LogP contribution in [0, 0.1) is 19.8 Å². The van der Waals surface area contributed by atoms with E-state index >= 15 is 0 Å². The van der Waals surface area contributed by atoms with Gasteiger partial charge in [-0.05, 0) is 58.5 Å². The van der Waals surface area contributed by atoms with E-state index in [-0.39, 0.29) is 0 Å². The number of nitrogens with one attached hydrogen (secondary N) is 2. The van der Waals surface area contributed by atoms with Gasteiger partial charge in [-0.3, -0.25) is 14.3 Å². The molecule has 2 saturated heterocycles. The minimum absolute atomic E-state index is 0.452. The van der Waals surface area contributed by atoms with Crippen molar-refractivity contribution < 1.29 is 9.59 Å². The molecule has 2 atom stereocenters. The second-order valence-corrected chi connectivity index (χ2v) is 7.33. The first kappa shape index (κ1) is 17.9. The summed E-state index contributed by atoms with van der Waals surface area (Å²) in [4.78, 5) is 27.0. The van der Waals surface area contributed by atoms with Crippen LogP contribution < -0.4 is 10.6 Å². The molecule has 2 amide bonds. The Hall–Kier alpha value is -1.89. The van der Waals surface area contributed by atoms with E-state index in [1.165, 1.54) is 38.8 Å². The van der Waals surface area contributed by atoms with Gasteiger partial charge in [0.25, 0.3) is 0 Å². The van der Waals surface area contributed by atoms with Crippen LogP contribution in [-0.4, -0.2) is 52.2 Å². The first-order valence-corrected chi connectivity index (χ1v) is 9.30. The van der Waals surface area contributed by atoms with E-state index < -0.39 is 11.8 Å². The summed E-state index contributed by atoms with van der Waals surface area (Å²) in [6, 6.07) is 0.564. The van der Waals surface area contributed by atoms with Gasteiger partial charge in [-0.2, -0.15) is 5.10 Å². The minimum Gasteiger partial charge on any atom is -0.347 e. The highest BCUT2D eigenvalue weighted by Crippen LogP contribution is 2.30. The predicted octanol–water partition coefficient (Wildman–Crippen LogP) is 1.36. The molecule has 2 aliphatic rings. The summed E-state index contributed by atoms with van der Waals surface area (Å²) in [6.07, 6.45) is 6.06. The third kappa shape index (κ3) is 3.86. The van der Waals surface area contributed by atoms with Crippen molar-refractivity contribution in [1.29, 1.82) is 0 Å². The van der Waals surface area contributed by atoms with E-state index in [9.17, 15) is 9.59 Å². The zero-order chi connectivity index (χ0) is 18.0. The molecular weight excluding hydrogens is 318 g/mol. The number of fused-ring (bicyclic) bond motifs is 1. The molecule has 0 saturated carbocycles. The van der Waals surface area contributed by atoms with Crippen molar-refractivity contribution in [1.82, 2.24) is 20.0 Å². The number of nitrogens with zero attached hydrogens (tertiary/aromatic N) is 3. The Kier molecular flexibility index (Phi) is 5.42. The molecule has 7 nitrogen and oxygen atoms in total. The van der Waals surface area contributed by atoms with Gasteiger partial charge in [0.15, 0.2) is 0 Å². The van der Waals surface area contributed by atoms with Crippen LogP contribution in [0.15, 0.2) is 0 Å². The summed E-state index contributed by atoms with van der Waals surface area (Å²) in [7, 11) is 1.82. The quantitative estimate of drug-likeness (QED) is 0.809. The fourth-order valence-corrected chi connectivity index (χ4v) is 4.24. The number of aryl methyl sites for hydroxylation is 2. The van der Waals surface area contributed by atoms with E-state index in [0.29, 0.717) is 29.9 Å². The highest BCUT2D eigenvalue weighted by atomic mass is 16.2. The van der Waals surface area contributed by atoms with Crippen LogP contribution in [0.1, 0.15) is 43.5 Å². The molecule has 25 heavy (non-hydrogen) atoms. The van der Waals surface area contributed by atoms with Gasteiger partial charge in [0.2, 0.25) is 0 Å². The molecular formula is C18H29N5O2. The summed E-state index contributed by atoms with van der Waals surface area (Å²) < 4.78 is 1.70. The van der Waals surface area contributed by atoms with Crippen molar-refractivity contribution in [2.75, 3.05) is 25.0 Å². The van der Waals surface area contributed by atoms with Gasteiger partial charge < -0.3 is 15.5 Å². The largest absolute Gasteiger partial charge is 0.347 e. The van der Waals surface area contributed by atoms with Gasteiger partial charge in [0.05, 0.1) is 17.1 Å². The van der Waals surface area contributed by atoms with Crippen LogP contribution >= 0.6 is 0 Å². The van der Waals surface area contributed by atoms with Crippen molar-refractivity contribution in [3.8, 4) is 0 Å². The summed E-state index contributed by atoms with van der Waals surface area (Å²) in [6.45, 7) is 6.62. The van der Waals surface area contributed by atoms with Crippen LogP contribution in [0.3, 0.4) is 0 Å². The number of hydrogen-bond donors (Lipinski definition) is 2. The number of aromatic nitrogens is 2. The van der Waals surface area contributed by atoms with Crippen molar-refractivity contribution in [3.63, 3.8) is 0 Å². The Labute approximate surface area is 149 Å². The molecule has 0 spiro atoms. The van der Waals surface area contributed by atoms with Gasteiger partial charge >= 0.3 is 11.8 Å². The van der Waals surface area contributed by atoms with E-state index in [1.807, 2.05) is 20.9 Å². The molecule has 0 radical (unpaired) electrons. The lowest BCUT2D eigenvalue weighted by Gasteiger charge is -2.44. The lowest BCUT2D eigenvalue weighted by Crippen LogP contribution is -2.51. The molecule has 1 aromatic rings. The number of amides is 2. The van der Waals surface area contributed by atoms with Gasteiger partial charge in [-0.25, -0.2) is 0 Å². The smallest absolute Gasteiger partial charge is 0.313 e. The minimum atomic E-state index is -0.615. The lowest BCUT2D eigenvalue weighted by molar-refractivity contribution is -0.136. The number of carbonyl (C=O) groups is 2. The molecule has 7 heteroatoms. The zero-order valence-corrected chi connectivity index (χ0v) is 15.5. The molecule has 0 aliphatic carbocycles. The first-order chi connectivity index (χ1) is 12.0. The normalized spacial score (nSPS) is 23.8. The standard InChI is InChI=1S/C18H29N5O2/c1-12-16(13(2)22(3)21-12)20-18(25)17(24)19-11-14-7-6-10-23-9-5-4-8-15(14)23/h14-15H,4-11H2,1-3H3,(H,19,24)(H,20,25). The molecule has 2 unspecified atom stereocenters. The predicted molar refractivity (Wildman–Crippen MR) is 96.3 cm³/mol. The maximum absolute atomic E-state index is 12.2. The number of anilines is 1. The van der Waals surface area contributed by atoms with Crippen LogP contribution in [0.25, 0.3) is 0 Å². The van der Waals surface area contributed by atoms with Crippen LogP contribution in [-0.2, 0) is 16.6 Å². The van der Waals surface area contributed by atoms with Crippen molar-refractivity contribution in [2.45, 2.75) is 52.0 Å². The maximum Gasteiger partial charge on any atom is 0.313 e. The fraction of sp³-hybridized carbons (Fsp3) is 0.722. The van der Waals surface area contributed by atoms with Gasteiger partial charge in [-0.15, -0.1) is 0 Å². The average Bonchev–Trinajstić information content (AvgIpc) is 2.85. The Morgan fingerprint density at radius 1 is 1.12 bits per heavy atom. The molecule has 1 aromatic heterocycles. The third-order valence-electron chi connectivity index (χ3n) is 5.71. The Bertz CT molecular complexity index is 652. The number of hydrogen-bond acceptors (Lipinski definition) is 4. The van der Waals surface area contributed by atoms with Crippen molar-refractivity contribution >= 4 is 17.5 Å². The fourth-order valence-electron chi connectivity index (χ4n) is 4.24. The van der Waals surface area contributed by atoms with Gasteiger partial charge in [0.1, 0.15) is 0 Å². The Balaban J connectivity index is 1.54.